The maximum Gasteiger partial charge on any atom is 0.254 e. The first kappa shape index (κ1) is 22.3. The van der Waals surface area contributed by atoms with E-state index in [9.17, 15) is 10.1 Å². The predicted molar refractivity (Wildman–Crippen MR) is 129 cm³/mol. The second kappa shape index (κ2) is 10.2. The average molecular weight is 458 g/mol. The number of methoxy groups -OCH3 is 1. The van der Waals surface area contributed by atoms with Gasteiger partial charge in [0.25, 0.3) is 5.91 Å². The SMILES string of the molecule is COc1ccccc1[C@H]1C(C#N)=C(SCc2ccco2)NC(C)=C1C(=O)Nc1ccccc1. The molecule has 0 spiro atoms. The van der Waals surface area contributed by atoms with Gasteiger partial charge in [-0.2, -0.15) is 5.26 Å². The zero-order chi connectivity index (χ0) is 23.2. The molecule has 1 aliphatic heterocycles. The first-order valence-corrected chi connectivity index (χ1v) is 11.4. The van der Waals surface area contributed by atoms with E-state index in [1.807, 2.05) is 73.7 Å². The van der Waals surface area contributed by atoms with E-state index >= 15 is 0 Å². The minimum atomic E-state index is -0.588. The quantitative estimate of drug-likeness (QED) is 0.483. The van der Waals surface area contributed by atoms with Gasteiger partial charge in [-0.05, 0) is 37.3 Å². The van der Waals surface area contributed by atoms with Crippen molar-refractivity contribution in [3.63, 3.8) is 0 Å². The molecule has 0 aliphatic carbocycles. The molecule has 0 bridgehead atoms. The number of anilines is 1. The molecule has 1 aromatic heterocycles. The van der Waals surface area contributed by atoms with Crippen molar-refractivity contribution in [2.45, 2.75) is 18.6 Å². The Morgan fingerprint density at radius 3 is 2.61 bits per heavy atom. The lowest BCUT2D eigenvalue weighted by Gasteiger charge is -2.30. The minimum absolute atomic E-state index is 0.273. The number of carbonyl (C=O) groups is 1. The molecule has 2 N–H and O–H groups in total. The van der Waals surface area contributed by atoms with Gasteiger partial charge >= 0.3 is 0 Å². The van der Waals surface area contributed by atoms with Crippen molar-refractivity contribution >= 4 is 23.4 Å². The van der Waals surface area contributed by atoms with Gasteiger partial charge in [0, 0.05) is 22.5 Å². The number of hydrogen-bond acceptors (Lipinski definition) is 6. The lowest BCUT2D eigenvalue weighted by atomic mass is 9.81. The molecule has 1 amide bonds. The number of carbonyl (C=O) groups excluding carboxylic acids is 1. The number of rotatable bonds is 7. The topological polar surface area (TPSA) is 87.3 Å². The summed E-state index contributed by atoms with van der Waals surface area (Å²) >= 11 is 1.47. The highest BCUT2D eigenvalue weighted by Gasteiger charge is 2.36. The third kappa shape index (κ3) is 4.81. The molecule has 1 atom stereocenters. The first-order chi connectivity index (χ1) is 16.1. The molecule has 4 rings (SSSR count). The van der Waals surface area contributed by atoms with Crippen LogP contribution in [0.4, 0.5) is 5.69 Å². The second-order valence-electron chi connectivity index (χ2n) is 7.38. The number of nitriles is 1. The molecule has 1 aliphatic rings. The van der Waals surface area contributed by atoms with E-state index < -0.39 is 5.92 Å². The summed E-state index contributed by atoms with van der Waals surface area (Å²) in [6.45, 7) is 1.85. The molecule has 0 unspecified atom stereocenters. The molecule has 2 heterocycles. The van der Waals surface area contributed by atoms with Crippen LogP contribution < -0.4 is 15.4 Å². The second-order valence-corrected chi connectivity index (χ2v) is 8.37. The van der Waals surface area contributed by atoms with Gasteiger partial charge in [-0.1, -0.05) is 48.2 Å². The van der Waals surface area contributed by atoms with Crippen molar-refractivity contribution in [3.05, 3.63) is 106 Å². The number of benzene rings is 2. The number of ether oxygens (including phenoxy) is 1. The highest BCUT2D eigenvalue weighted by atomic mass is 32.2. The minimum Gasteiger partial charge on any atom is -0.496 e. The summed E-state index contributed by atoms with van der Waals surface area (Å²) in [5, 5.41) is 17.2. The fraction of sp³-hybridized carbons (Fsp3) is 0.154. The van der Waals surface area contributed by atoms with Crippen LogP contribution in [0.5, 0.6) is 5.75 Å². The van der Waals surface area contributed by atoms with Gasteiger partial charge in [-0.25, -0.2) is 0 Å². The van der Waals surface area contributed by atoms with Crippen LogP contribution in [0.1, 0.15) is 24.2 Å². The van der Waals surface area contributed by atoms with Crippen molar-refractivity contribution in [1.29, 1.82) is 5.26 Å². The number of hydrogen-bond donors (Lipinski definition) is 2. The van der Waals surface area contributed by atoms with Crippen LogP contribution in [0.25, 0.3) is 0 Å². The van der Waals surface area contributed by atoms with E-state index in [1.165, 1.54) is 11.8 Å². The number of nitrogens with zero attached hydrogens (tertiary/aromatic N) is 1. The van der Waals surface area contributed by atoms with E-state index in [2.05, 4.69) is 16.7 Å². The van der Waals surface area contributed by atoms with Crippen LogP contribution in [0.15, 0.2) is 99.3 Å². The number of furan rings is 1. The summed E-state index contributed by atoms with van der Waals surface area (Å²) in [5.74, 6) is 1.11. The lowest BCUT2D eigenvalue weighted by Crippen LogP contribution is -2.30. The fourth-order valence-electron chi connectivity index (χ4n) is 3.80. The molecule has 3 aromatic rings. The highest BCUT2D eigenvalue weighted by Crippen LogP contribution is 2.44. The molecule has 0 fully saturated rings. The maximum absolute atomic E-state index is 13.5. The standard InChI is InChI=1S/C26H23N3O3S/c1-17-23(25(30)29-18-9-4-3-5-10-18)24(20-12-6-7-13-22(20)31-2)21(15-27)26(28-17)33-16-19-11-8-14-32-19/h3-14,24,28H,16H2,1-2H3,(H,29,30)/t24-/m0/s1. The zero-order valence-electron chi connectivity index (χ0n) is 18.3. The van der Waals surface area contributed by atoms with Crippen LogP contribution in [0, 0.1) is 11.3 Å². The summed E-state index contributed by atoms with van der Waals surface area (Å²) < 4.78 is 11.0. The Bertz CT molecular complexity index is 1240. The van der Waals surface area contributed by atoms with Gasteiger partial charge < -0.3 is 19.8 Å². The number of nitrogens with one attached hydrogen (secondary N) is 2. The zero-order valence-corrected chi connectivity index (χ0v) is 19.1. The molecule has 7 heteroatoms. The van der Waals surface area contributed by atoms with Crippen LogP contribution >= 0.6 is 11.8 Å². The van der Waals surface area contributed by atoms with Crippen LogP contribution in [0.3, 0.4) is 0 Å². The van der Waals surface area contributed by atoms with E-state index in [1.54, 1.807) is 13.4 Å². The number of allylic oxidation sites excluding steroid dienone is 2. The Balaban J connectivity index is 1.77. The average Bonchev–Trinajstić information content (AvgIpc) is 3.36. The van der Waals surface area contributed by atoms with Crippen molar-refractivity contribution in [2.75, 3.05) is 12.4 Å². The van der Waals surface area contributed by atoms with Crippen molar-refractivity contribution in [2.24, 2.45) is 0 Å². The maximum atomic E-state index is 13.5. The Morgan fingerprint density at radius 1 is 1.15 bits per heavy atom. The van der Waals surface area contributed by atoms with Gasteiger partial charge in [0.05, 0.1) is 41.7 Å². The van der Waals surface area contributed by atoms with E-state index in [4.69, 9.17) is 9.15 Å². The van der Waals surface area contributed by atoms with Crippen molar-refractivity contribution in [3.8, 4) is 11.8 Å². The summed E-state index contributed by atoms with van der Waals surface area (Å²) in [5.41, 5.74) is 3.05. The smallest absolute Gasteiger partial charge is 0.254 e. The van der Waals surface area contributed by atoms with Crippen LogP contribution in [0.2, 0.25) is 0 Å². The molecule has 0 saturated heterocycles. The van der Waals surface area contributed by atoms with Gasteiger partial charge in [0.15, 0.2) is 0 Å². The number of para-hydroxylation sites is 2. The third-order valence-electron chi connectivity index (χ3n) is 5.31. The van der Waals surface area contributed by atoms with Crippen molar-refractivity contribution in [1.82, 2.24) is 5.32 Å². The largest absolute Gasteiger partial charge is 0.496 e. The number of dihydropyridines is 1. The summed E-state index contributed by atoms with van der Waals surface area (Å²) in [6, 6.07) is 22.8. The van der Waals surface area contributed by atoms with Gasteiger partial charge in [-0.15, -0.1) is 0 Å². The molecule has 166 valence electrons. The van der Waals surface area contributed by atoms with Gasteiger partial charge in [-0.3, -0.25) is 4.79 Å². The first-order valence-electron chi connectivity index (χ1n) is 10.4. The Morgan fingerprint density at radius 2 is 1.91 bits per heavy atom. The molecule has 33 heavy (non-hydrogen) atoms. The van der Waals surface area contributed by atoms with E-state index in [0.717, 1.165) is 11.3 Å². The number of amides is 1. The normalized spacial score (nSPS) is 15.6. The van der Waals surface area contributed by atoms with Crippen LogP contribution in [-0.2, 0) is 10.5 Å². The Hall–Kier alpha value is -3.89. The van der Waals surface area contributed by atoms with Crippen LogP contribution in [-0.4, -0.2) is 13.0 Å². The monoisotopic (exact) mass is 457 g/mol. The summed E-state index contributed by atoms with van der Waals surface area (Å²) in [6.07, 6.45) is 1.62. The molecule has 0 saturated carbocycles. The fourth-order valence-corrected chi connectivity index (χ4v) is 4.80. The molecular weight excluding hydrogens is 434 g/mol. The van der Waals surface area contributed by atoms with Crippen molar-refractivity contribution < 1.29 is 13.9 Å². The van der Waals surface area contributed by atoms with E-state index in [-0.39, 0.29) is 5.91 Å². The summed E-state index contributed by atoms with van der Waals surface area (Å²) in [4.78, 5) is 13.5. The highest BCUT2D eigenvalue weighted by molar-refractivity contribution is 8.02. The van der Waals surface area contributed by atoms with E-state index in [0.29, 0.717) is 39.1 Å². The summed E-state index contributed by atoms with van der Waals surface area (Å²) in [7, 11) is 1.59. The van der Waals surface area contributed by atoms with Gasteiger partial charge in [0.2, 0.25) is 0 Å². The molecule has 0 radical (unpaired) electrons. The third-order valence-corrected chi connectivity index (χ3v) is 6.35. The Kier molecular flexibility index (Phi) is 6.86. The Labute approximate surface area is 196 Å². The molecule has 6 nitrogen and oxygen atoms in total. The predicted octanol–water partition coefficient (Wildman–Crippen LogP) is 5.56. The molecular formula is C26H23N3O3S. The van der Waals surface area contributed by atoms with Gasteiger partial charge in [0.1, 0.15) is 11.5 Å². The molecule has 2 aromatic carbocycles. The number of thioether (sulfide) groups is 1. The lowest BCUT2D eigenvalue weighted by molar-refractivity contribution is -0.113.